The van der Waals surface area contributed by atoms with Crippen molar-refractivity contribution in [2.24, 2.45) is 0 Å². The summed E-state index contributed by atoms with van der Waals surface area (Å²) < 4.78 is 1.51. The normalized spacial score (nSPS) is 12.4. The van der Waals surface area contributed by atoms with Crippen LogP contribution in [0.2, 0.25) is 25.0 Å². The molecule has 0 unspecified atom stereocenters. The molecule has 0 aliphatic carbocycles. The summed E-state index contributed by atoms with van der Waals surface area (Å²) in [5.41, 5.74) is 5.53. The van der Waals surface area contributed by atoms with Gasteiger partial charge in [-0.25, -0.2) is 0 Å². The maximum atomic E-state index is 2.57. The van der Waals surface area contributed by atoms with Gasteiger partial charge in [0.25, 0.3) is 0 Å². The molecule has 2 heteroatoms. The van der Waals surface area contributed by atoms with Crippen LogP contribution in [0, 0.1) is 0 Å². The van der Waals surface area contributed by atoms with Crippen molar-refractivity contribution in [3.8, 4) is 0 Å². The van der Waals surface area contributed by atoms with Crippen molar-refractivity contribution in [2.75, 3.05) is 0 Å². The molecule has 0 aliphatic heterocycles. The quantitative estimate of drug-likeness (QED) is 0.651. The van der Waals surface area contributed by atoms with Crippen LogP contribution in [0.25, 0.3) is 5.57 Å². The number of allylic oxidation sites excluding steroid dienone is 1. The Balaban J connectivity index is 2.05. The van der Waals surface area contributed by atoms with Crippen molar-refractivity contribution in [3.05, 3.63) is 71.9 Å². The molecule has 21 heavy (non-hydrogen) atoms. The van der Waals surface area contributed by atoms with Crippen LogP contribution in [0.15, 0.2) is 66.4 Å². The first-order chi connectivity index (χ1) is 10.0. The number of rotatable bonds is 6. The molecule has 0 atom stereocenters. The second-order valence-corrected chi connectivity index (χ2v) is 13.8. The Morgan fingerprint density at radius 1 is 0.905 bits per heavy atom. The number of benzene rings is 2. The van der Waals surface area contributed by atoms with Crippen LogP contribution in [0.5, 0.6) is 0 Å². The second kappa shape index (κ2) is 7.79. The van der Waals surface area contributed by atoms with Crippen LogP contribution in [-0.2, 0) is 0 Å². The molecule has 0 aliphatic rings. The summed E-state index contributed by atoms with van der Waals surface area (Å²) >= 11 is 0.578. The molecule has 2 aromatic carbocycles. The molecule has 0 heterocycles. The summed E-state index contributed by atoms with van der Waals surface area (Å²) in [6.45, 7) is 7.24. The molecule has 0 nitrogen and oxygen atoms in total. The molecule has 0 N–H and O–H groups in total. The van der Waals surface area contributed by atoms with Crippen LogP contribution in [0.1, 0.15) is 12.0 Å². The molecule has 0 amide bonds. The Bertz CT molecular complexity index is 568. The van der Waals surface area contributed by atoms with E-state index in [1.54, 1.807) is 5.57 Å². The van der Waals surface area contributed by atoms with E-state index >= 15 is 0 Å². The second-order valence-electron chi connectivity index (χ2n) is 6.31. The molecule has 110 valence electrons. The van der Waals surface area contributed by atoms with Gasteiger partial charge in [0.1, 0.15) is 0 Å². The van der Waals surface area contributed by atoms with Crippen LogP contribution >= 0.6 is 0 Å². The van der Waals surface area contributed by atoms with Gasteiger partial charge in [-0.15, -0.1) is 0 Å². The Kier molecular flexibility index (Phi) is 6.04. The summed E-state index contributed by atoms with van der Waals surface area (Å²) in [6, 6.07) is 21.8. The predicted molar refractivity (Wildman–Crippen MR) is 99.0 cm³/mol. The fourth-order valence-electron chi connectivity index (χ4n) is 2.27. The molecule has 0 saturated heterocycles. The van der Waals surface area contributed by atoms with E-state index in [9.17, 15) is 0 Å². The van der Waals surface area contributed by atoms with Gasteiger partial charge in [-0.3, -0.25) is 0 Å². The average Bonchev–Trinajstić information content (AvgIpc) is 2.47. The van der Waals surface area contributed by atoms with E-state index in [2.05, 4.69) is 86.0 Å². The zero-order valence-corrected chi connectivity index (χ0v) is 15.9. The van der Waals surface area contributed by atoms with E-state index in [1.165, 1.54) is 21.8 Å². The first-order valence-corrected chi connectivity index (χ1v) is 13.1. The topological polar surface area (TPSA) is 0 Å². The summed E-state index contributed by atoms with van der Waals surface area (Å²) in [5, 5.41) is 1.28. The van der Waals surface area contributed by atoms with Crippen molar-refractivity contribution >= 4 is 33.1 Å². The third-order valence-electron chi connectivity index (χ3n) is 3.14. The number of hydrogen-bond acceptors (Lipinski definition) is 0. The van der Waals surface area contributed by atoms with Gasteiger partial charge in [-0.05, 0) is 0 Å². The first kappa shape index (κ1) is 16.3. The molecule has 2 rings (SSSR count). The van der Waals surface area contributed by atoms with Crippen LogP contribution in [0.4, 0.5) is 0 Å². The average molecular weight is 359 g/mol. The summed E-state index contributed by atoms with van der Waals surface area (Å²) in [7, 11) is -1.19. The zero-order chi connectivity index (χ0) is 15.1. The standard InChI is InChI=1S/C19H24SeSi/c1-21(2,3)16-18(17-10-6-4-7-11-17)14-15-20-19-12-8-5-9-13-19/h4-13,16H,14-15H2,1-3H3/b18-16-. The molecule has 0 fully saturated rings. The van der Waals surface area contributed by atoms with Crippen molar-refractivity contribution in [1.82, 2.24) is 0 Å². The van der Waals surface area contributed by atoms with Crippen molar-refractivity contribution < 1.29 is 0 Å². The predicted octanol–water partition coefficient (Wildman–Crippen LogP) is 4.79. The van der Waals surface area contributed by atoms with Gasteiger partial charge in [0, 0.05) is 0 Å². The SMILES string of the molecule is C[Si](C)(C)/C=C(/CC[Se]c1ccccc1)c1ccccc1. The molecular weight excluding hydrogens is 335 g/mol. The van der Waals surface area contributed by atoms with Gasteiger partial charge in [-0.2, -0.15) is 0 Å². The Hall–Kier alpha value is -1.08. The third kappa shape index (κ3) is 6.05. The van der Waals surface area contributed by atoms with Gasteiger partial charge in [-0.1, -0.05) is 0 Å². The van der Waals surface area contributed by atoms with E-state index in [4.69, 9.17) is 0 Å². The summed E-state index contributed by atoms with van der Waals surface area (Å²) in [5.74, 6) is 0. The van der Waals surface area contributed by atoms with Crippen LogP contribution in [-0.4, -0.2) is 23.0 Å². The maximum absolute atomic E-state index is 2.57. The van der Waals surface area contributed by atoms with Gasteiger partial charge in [0.05, 0.1) is 0 Å². The molecule has 0 spiro atoms. The first-order valence-electron chi connectivity index (χ1n) is 7.50. The van der Waals surface area contributed by atoms with E-state index in [1.807, 2.05) is 0 Å². The molecule has 0 aromatic heterocycles. The van der Waals surface area contributed by atoms with E-state index in [0.29, 0.717) is 15.0 Å². The zero-order valence-electron chi connectivity index (χ0n) is 13.2. The molecule has 0 bridgehead atoms. The van der Waals surface area contributed by atoms with Crippen LogP contribution < -0.4 is 4.46 Å². The minimum atomic E-state index is -1.19. The van der Waals surface area contributed by atoms with E-state index in [0.717, 1.165) is 0 Å². The Morgan fingerprint density at radius 3 is 2.05 bits per heavy atom. The minimum absolute atomic E-state index is 0.578. The third-order valence-corrected chi connectivity index (χ3v) is 6.48. The molecule has 0 saturated carbocycles. The van der Waals surface area contributed by atoms with Gasteiger partial charge in [0.15, 0.2) is 0 Å². The van der Waals surface area contributed by atoms with Crippen LogP contribution in [0.3, 0.4) is 0 Å². The van der Waals surface area contributed by atoms with Gasteiger partial charge in [0.2, 0.25) is 0 Å². The van der Waals surface area contributed by atoms with Gasteiger partial charge >= 0.3 is 136 Å². The van der Waals surface area contributed by atoms with Crippen molar-refractivity contribution in [2.45, 2.75) is 31.4 Å². The van der Waals surface area contributed by atoms with Crippen molar-refractivity contribution in [3.63, 3.8) is 0 Å². The van der Waals surface area contributed by atoms with Gasteiger partial charge < -0.3 is 0 Å². The Labute approximate surface area is 136 Å². The summed E-state index contributed by atoms with van der Waals surface area (Å²) in [4.78, 5) is 0. The van der Waals surface area contributed by atoms with E-state index < -0.39 is 8.07 Å². The fraction of sp³-hybridized carbons (Fsp3) is 0.263. The summed E-state index contributed by atoms with van der Waals surface area (Å²) in [6.07, 6.45) is 1.20. The monoisotopic (exact) mass is 360 g/mol. The van der Waals surface area contributed by atoms with Crippen molar-refractivity contribution in [1.29, 1.82) is 0 Å². The van der Waals surface area contributed by atoms with E-state index in [-0.39, 0.29) is 0 Å². The molecular formula is C19H24SeSi. The molecule has 0 radical (unpaired) electrons. The number of hydrogen-bond donors (Lipinski definition) is 0. The Morgan fingerprint density at radius 2 is 1.48 bits per heavy atom. The fourth-order valence-corrected chi connectivity index (χ4v) is 5.53. The molecule has 2 aromatic rings.